The van der Waals surface area contributed by atoms with E-state index in [1.165, 1.54) is 0 Å². The van der Waals surface area contributed by atoms with Crippen molar-refractivity contribution in [1.82, 2.24) is 9.88 Å². The van der Waals surface area contributed by atoms with Gasteiger partial charge in [0.1, 0.15) is 5.75 Å². The SMILES string of the molecule is COc1ccc2nc(C3CC3)cc(C(=O)N(C)CC(O)C3CC3)c2c1. The molecule has 2 aromatic rings. The highest BCUT2D eigenvalue weighted by molar-refractivity contribution is 6.06. The van der Waals surface area contributed by atoms with Gasteiger partial charge >= 0.3 is 0 Å². The molecular formula is C20H24N2O3. The van der Waals surface area contributed by atoms with Gasteiger partial charge in [-0.15, -0.1) is 0 Å². The van der Waals surface area contributed by atoms with Crippen LogP contribution in [0.15, 0.2) is 24.3 Å². The van der Waals surface area contributed by atoms with Crippen LogP contribution in [0, 0.1) is 5.92 Å². The van der Waals surface area contributed by atoms with Gasteiger partial charge in [-0.1, -0.05) is 0 Å². The van der Waals surface area contributed by atoms with E-state index >= 15 is 0 Å². The van der Waals surface area contributed by atoms with Crippen LogP contribution in [0.3, 0.4) is 0 Å². The Morgan fingerprint density at radius 1 is 1.32 bits per heavy atom. The molecular weight excluding hydrogens is 316 g/mol. The second kappa shape index (κ2) is 6.30. The summed E-state index contributed by atoms with van der Waals surface area (Å²) in [6, 6.07) is 7.59. The third kappa shape index (κ3) is 3.33. The van der Waals surface area contributed by atoms with Crippen molar-refractivity contribution < 1.29 is 14.6 Å². The number of amides is 1. The summed E-state index contributed by atoms with van der Waals surface area (Å²) >= 11 is 0. The maximum Gasteiger partial charge on any atom is 0.254 e. The molecule has 0 radical (unpaired) electrons. The molecule has 0 spiro atoms. The van der Waals surface area contributed by atoms with Crippen molar-refractivity contribution >= 4 is 16.8 Å². The molecule has 0 saturated heterocycles. The number of carbonyl (C=O) groups is 1. The summed E-state index contributed by atoms with van der Waals surface area (Å²) in [5, 5.41) is 11.0. The van der Waals surface area contributed by atoms with E-state index in [1.807, 2.05) is 24.3 Å². The van der Waals surface area contributed by atoms with Crippen LogP contribution in [-0.2, 0) is 0 Å². The zero-order chi connectivity index (χ0) is 17.6. The van der Waals surface area contributed by atoms with Gasteiger partial charge in [-0.25, -0.2) is 0 Å². The fraction of sp³-hybridized carbons (Fsp3) is 0.500. The van der Waals surface area contributed by atoms with Crippen molar-refractivity contribution in [1.29, 1.82) is 0 Å². The molecule has 0 bridgehead atoms. The molecule has 2 saturated carbocycles. The number of methoxy groups -OCH3 is 1. The molecule has 4 rings (SSSR count). The quantitative estimate of drug-likeness (QED) is 0.878. The van der Waals surface area contributed by atoms with Crippen molar-refractivity contribution in [3.05, 3.63) is 35.5 Å². The van der Waals surface area contributed by atoms with Crippen LogP contribution < -0.4 is 4.74 Å². The molecule has 5 heteroatoms. The highest BCUT2D eigenvalue weighted by atomic mass is 16.5. The van der Waals surface area contributed by atoms with Crippen LogP contribution in [0.4, 0.5) is 0 Å². The van der Waals surface area contributed by atoms with Crippen LogP contribution in [-0.4, -0.2) is 47.7 Å². The fourth-order valence-electron chi connectivity index (χ4n) is 3.32. The van der Waals surface area contributed by atoms with Gasteiger partial charge in [0.05, 0.1) is 24.3 Å². The number of pyridine rings is 1. The zero-order valence-corrected chi connectivity index (χ0v) is 14.7. The summed E-state index contributed by atoms with van der Waals surface area (Å²) in [4.78, 5) is 19.4. The summed E-state index contributed by atoms with van der Waals surface area (Å²) in [5.41, 5.74) is 2.47. The molecule has 0 aliphatic heterocycles. The number of rotatable bonds is 6. The van der Waals surface area contributed by atoms with Gasteiger partial charge in [-0.05, 0) is 55.9 Å². The van der Waals surface area contributed by atoms with Crippen molar-refractivity contribution in [2.24, 2.45) is 5.92 Å². The van der Waals surface area contributed by atoms with E-state index in [4.69, 9.17) is 9.72 Å². The number of aromatic nitrogens is 1. The molecule has 2 aliphatic rings. The summed E-state index contributed by atoms with van der Waals surface area (Å²) in [7, 11) is 3.38. The maximum atomic E-state index is 13.1. The van der Waals surface area contributed by atoms with Crippen LogP contribution in [0.2, 0.25) is 0 Å². The number of nitrogens with zero attached hydrogens (tertiary/aromatic N) is 2. The molecule has 1 aromatic heterocycles. The van der Waals surface area contributed by atoms with Crippen molar-refractivity contribution in [2.45, 2.75) is 37.7 Å². The third-order valence-corrected chi connectivity index (χ3v) is 5.24. The van der Waals surface area contributed by atoms with Gasteiger partial charge < -0.3 is 14.7 Å². The number of fused-ring (bicyclic) bond motifs is 1. The Labute approximate surface area is 147 Å². The molecule has 1 aromatic carbocycles. The number of hydrogen-bond acceptors (Lipinski definition) is 4. The maximum absolute atomic E-state index is 13.1. The first-order valence-electron chi connectivity index (χ1n) is 8.99. The minimum Gasteiger partial charge on any atom is -0.497 e. The van der Waals surface area contributed by atoms with Crippen molar-refractivity contribution in [3.8, 4) is 5.75 Å². The van der Waals surface area contributed by atoms with E-state index in [-0.39, 0.29) is 5.91 Å². The number of aliphatic hydroxyl groups excluding tert-OH is 1. The van der Waals surface area contributed by atoms with Gasteiger partial charge in [0.25, 0.3) is 5.91 Å². The number of ether oxygens (including phenoxy) is 1. The second-order valence-corrected chi connectivity index (χ2v) is 7.34. The second-order valence-electron chi connectivity index (χ2n) is 7.34. The Bertz CT molecular complexity index is 812. The Kier molecular flexibility index (Phi) is 4.12. The number of carbonyl (C=O) groups excluding carboxylic acids is 1. The Hall–Kier alpha value is -2.14. The molecule has 1 unspecified atom stereocenters. The Balaban J connectivity index is 1.70. The summed E-state index contributed by atoms with van der Waals surface area (Å²) < 4.78 is 5.32. The minimum atomic E-state index is -0.431. The van der Waals surface area contributed by atoms with E-state index in [0.29, 0.717) is 29.7 Å². The predicted molar refractivity (Wildman–Crippen MR) is 96.0 cm³/mol. The molecule has 1 heterocycles. The van der Waals surface area contributed by atoms with Crippen LogP contribution in [0.5, 0.6) is 5.75 Å². The van der Waals surface area contributed by atoms with Crippen molar-refractivity contribution in [3.63, 3.8) is 0 Å². The lowest BCUT2D eigenvalue weighted by atomic mass is 10.0. The first-order valence-corrected chi connectivity index (χ1v) is 8.99. The molecule has 1 atom stereocenters. The van der Waals surface area contributed by atoms with E-state index in [0.717, 1.165) is 42.3 Å². The highest BCUT2D eigenvalue weighted by Crippen LogP contribution is 2.40. The molecule has 1 amide bonds. The molecule has 5 nitrogen and oxygen atoms in total. The number of aliphatic hydroxyl groups is 1. The van der Waals surface area contributed by atoms with Gasteiger partial charge in [-0.3, -0.25) is 9.78 Å². The summed E-state index contributed by atoms with van der Waals surface area (Å²) in [6.07, 6.45) is 3.96. The average molecular weight is 340 g/mol. The lowest BCUT2D eigenvalue weighted by molar-refractivity contribution is 0.0647. The number of hydrogen-bond donors (Lipinski definition) is 1. The highest BCUT2D eigenvalue weighted by Gasteiger charge is 2.32. The van der Waals surface area contributed by atoms with Gasteiger partial charge in [0.15, 0.2) is 0 Å². The fourth-order valence-corrected chi connectivity index (χ4v) is 3.32. The first-order chi connectivity index (χ1) is 12.1. The standard InChI is InChI=1S/C20H24N2O3/c1-22(11-19(23)13-5-6-13)20(24)16-10-18(12-3-4-12)21-17-8-7-14(25-2)9-15(16)17/h7-10,12-13,19,23H,3-6,11H2,1-2H3. The zero-order valence-electron chi connectivity index (χ0n) is 14.7. The first kappa shape index (κ1) is 16.3. The van der Waals surface area contributed by atoms with Crippen LogP contribution >= 0.6 is 0 Å². The van der Waals surface area contributed by atoms with Crippen LogP contribution in [0.1, 0.15) is 47.7 Å². The molecule has 25 heavy (non-hydrogen) atoms. The van der Waals surface area contributed by atoms with Gasteiger partial charge in [0, 0.05) is 30.6 Å². The lowest BCUT2D eigenvalue weighted by Crippen LogP contribution is -2.35. The predicted octanol–water partition coefficient (Wildman–Crippen LogP) is 2.96. The monoisotopic (exact) mass is 340 g/mol. The van der Waals surface area contributed by atoms with Gasteiger partial charge in [-0.2, -0.15) is 0 Å². The summed E-state index contributed by atoms with van der Waals surface area (Å²) in [5.74, 6) is 1.47. The minimum absolute atomic E-state index is 0.0674. The smallest absolute Gasteiger partial charge is 0.254 e. The van der Waals surface area contributed by atoms with Crippen LogP contribution in [0.25, 0.3) is 10.9 Å². The average Bonchev–Trinajstić information content (AvgIpc) is 3.50. The number of benzene rings is 1. The molecule has 132 valence electrons. The number of likely N-dealkylation sites (N-methyl/N-ethyl adjacent to an activating group) is 1. The molecule has 1 N–H and O–H groups in total. The van der Waals surface area contributed by atoms with Gasteiger partial charge in [0.2, 0.25) is 0 Å². The largest absolute Gasteiger partial charge is 0.497 e. The third-order valence-electron chi connectivity index (χ3n) is 5.24. The van der Waals surface area contributed by atoms with E-state index in [1.54, 1.807) is 19.1 Å². The lowest BCUT2D eigenvalue weighted by Gasteiger charge is -2.22. The van der Waals surface area contributed by atoms with E-state index < -0.39 is 6.10 Å². The van der Waals surface area contributed by atoms with E-state index in [2.05, 4.69) is 0 Å². The Morgan fingerprint density at radius 2 is 2.08 bits per heavy atom. The molecule has 2 fully saturated rings. The van der Waals surface area contributed by atoms with Crippen molar-refractivity contribution in [2.75, 3.05) is 20.7 Å². The normalized spacial score (nSPS) is 18.2. The topological polar surface area (TPSA) is 62.7 Å². The molecule has 2 aliphatic carbocycles. The Morgan fingerprint density at radius 3 is 2.72 bits per heavy atom. The summed E-state index contributed by atoms with van der Waals surface area (Å²) in [6.45, 7) is 0.371. The van der Waals surface area contributed by atoms with E-state index in [9.17, 15) is 9.90 Å².